The lowest BCUT2D eigenvalue weighted by Gasteiger charge is -2.39. The molecule has 0 unspecified atom stereocenters. The highest BCUT2D eigenvalue weighted by atomic mass is 32.3. The maximum atomic E-state index is 12.7. The van der Waals surface area contributed by atoms with Gasteiger partial charge in [0.2, 0.25) is 0 Å². The van der Waals surface area contributed by atoms with Gasteiger partial charge in [0.1, 0.15) is 0 Å². The van der Waals surface area contributed by atoms with Crippen LogP contribution in [0.1, 0.15) is 83.6 Å². The van der Waals surface area contributed by atoms with Crippen molar-refractivity contribution in [3.05, 3.63) is 90.5 Å². The lowest BCUT2D eigenvalue weighted by molar-refractivity contribution is -0.133. The fourth-order valence-corrected chi connectivity index (χ4v) is 7.56. The van der Waals surface area contributed by atoms with Crippen LogP contribution in [0.25, 0.3) is 0 Å². The van der Waals surface area contributed by atoms with Crippen molar-refractivity contribution in [2.45, 2.75) is 99.2 Å². The summed E-state index contributed by atoms with van der Waals surface area (Å²) in [6.45, 7) is 4.13. The third-order valence-electron chi connectivity index (χ3n) is 6.48. The van der Waals surface area contributed by atoms with Crippen molar-refractivity contribution >= 4 is 16.3 Å². The Morgan fingerprint density at radius 2 is 1.06 bits per heavy atom. The maximum absolute atomic E-state index is 12.7. The van der Waals surface area contributed by atoms with E-state index in [4.69, 9.17) is 4.18 Å². The quantitative estimate of drug-likeness (QED) is 0.198. The first-order chi connectivity index (χ1) is 17.2. The number of hydrogen-bond acceptors (Lipinski definition) is 2. The Hall–Kier alpha value is -2.52. The van der Waals surface area contributed by atoms with Crippen LogP contribution in [-0.2, 0) is 15.4 Å². The first-order valence-corrected chi connectivity index (χ1v) is 15.0. The predicted octanol–water partition coefficient (Wildman–Crippen LogP) is 9.91. The van der Waals surface area contributed by atoms with E-state index in [1.165, 1.54) is 63.4 Å². The molecule has 0 fully saturated rings. The number of benzene rings is 3. The molecule has 0 aliphatic carbocycles. The van der Waals surface area contributed by atoms with Gasteiger partial charge in [0, 0.05) is 21.1 Å². The van der Waals surface area contributed by atoms with Gasteiger partial charge in [-0.3, -0.25) is 4.79 Å². The standard InChI is InChI=1S/C32H42O2S/c1-3-5-6-7-8-9-10-11-14-19-28-24-26-31(27-25-28)35(34-32(33)4-2,29-20-15-12-16-21-29)30-22-17-13-18-23-30/h12-13,15-18,20-27H,3-11,14,19H2,1-2H3. The van der Waals surface area contributed by atoms with Crippen LogP contribution in [0, 0.1) is 0 Å². The largest absolute Gasteiger partial charge is 0.402 e. The molecule has 2 nitrogen and oxygen atoms in total. The molecular formula is C32H42O2S. The lowest BCUT2D eigenvalue weighted by atomic mass is 10.0. The molecule has 0 saturated carbocycles. The highest BCUT2D eigenvalue weighted by Gasteiger charge is 2.35. The predicted molar refractivity (Wildman–Crippen MR) is 149 cm³/mol. The topological polar surface area (TPSA) is 26.3 Å². The average Bonchev–Trinajstić information content (AvgIpc) is 2.92. The zero-order chi connectivity index (χ0) is 24.8. The smallest absolute Gasteiger partial charge is 0.316 e. The summed E-state index contributed by atoms with van der Waals surface area (Å²) >= 11 is 0. The van der Waals surface area contributed by atoms with E-state index in [-0.39, 0.29) is 5.97 Å². The van der Waals surface area contributed by atoms with E-state index in [1.807, 2.05) is 43.3 Å². The van der Waals surface area contributed by atoms with Gasteiger partial charge in [0.05, 0.1) is 0 Å². The van der Waals surface area contributed by atoms with Gasteiger partial charge in [-0.15, -0.1) is 0 Å². The first-order valence-electron chi connectivity index (χ1n) is 13.5. The number of unbranched alkanes of at least 4 members (excludes halogenated alkanes) is 8. The Balaban J connectivity index is 1.74. The van der Waals surface area contributed by atoms with Crippen LogP contribution < -0.4 is 0 Å². The van der Waals surface area contributed by atoms with E-state index in [9.17, 15) is 4.79 Å². The third kappa shape index (κ3) is 7.73. The Morgan fingerprint density at radius 1 is 0.600 bits per heavy atom. The van der Waals surface area contributed by atoms with Crippen molar-refractivity contribution < 1.29 is 8.98 Å². The van der Waals surface area contributed by atoms with Crippen molar-refractivity contribution in [2.75, 3.05) is 0 Å². The van der Waals surface area contributed by atoms with Gasteiger partial charge in [-0.1, -0.05) is 114 Å². The Kier molecular flexibility index (Phi) is 11.4. The Bertz CT molecular complexity index is 944. The highest BCUT2D eigenvalue weighted by Crippen LogP contribution is 2.69. The summed E-state index contributed by atoms with van der Waals surface area (Å²) in [5, 5.41) is 0. The van der Waals surface area contributed by atoms with E-state index in [1.54, 1.807) is 0 Å². The summed E-state index contributed by atoms with van der Waals surface area (Å²) in [5.41, 5.74) is 1.35. The van der Waals surface area contributed by atoms with Gasteiger partial charge < -0.3 is 4.18 Å². The monoisotopic (exact) mass is 490 g/mol. The summed E-state index contributed by atoms with van der Waals surface area (Å²) in [4.78, 5) is 15.9. The minimum Gasteiger partial charge on any atom is -0.402 e. The second-order valence-electron chi connectivity index (χ2n) is 9.21. The number of rotatable bonds is 15. The number of carbonyl (C=O) groups is 1. The third-order valence-corrected chi connectivity index (χ3v) is 9.73. The maximum Gasteiger partial charge on any atom is 0.316 e. The van der Waals surface area contributed by atoms with Gasteiger partial charge in [0.15, 0.2) is 0 Å². The molecule has 0 aliphatic heterocycles. The summed E-state index contributed by atoms with van der Waals surface area (Å²) in [5.74, 6) is -0.175. The molecule has 3 rings (SSSR count). The molecule has 0 spiro atoms. The molecule has 35 heavy (non-hydrogen) atoms. The van der Waals surface area contributed by atoms with E-state index in [0.717, 1.165) is 21.1 Å². The molecule has 0 saturated heterocycles. The fourth-order valence-electron chi connectivity index (χ4n) is 4.46. The van der Waals surface area contributed by atoms with Gasteiger partial charge in [-0.2, -0.15) is 0 Å². The SMILES string of the molecule is CCCCCCCCCCCc1ccc(S(OC(=O)CC)(c2ccccc2)c2ccccc2)cc1. The van der Waals surface area contributed by atoms with Gasteiger partial charge in [-0.05, 0) is 65.1 Å². The number of aryl methyl sites for hydroxylation is 1. The van der Waals surface area contributed by atoms with E-state index >= 15 is 0 Å². The van der Waals surface area contributed by atoms with Gasteiger partial charge in [-0.25, -0.2) is 0 Å². The highest BCUT2D eigenvalue weighted by molar-refractivity contribution is 8.30. The molecule has 0 amide bonds. The van der Waals surface area contributed by atoms with Gasteiger partial charge >= 0.3 is 5.97 Å². The molecule has 3 aromatic carbocycles. The zero-order valence-corrected chi connectivity index (χ0v) is 22.4. The minimum atomic E-state index is -2.15. The molecule has 0 N–H and O–H groups in total. The molecule has 3 heteroatoms. The molecule has 0 atom stereocenters. The molecular weight excluding hydrogens is 448 g/mol. The van der Waals surface area contributed by atoms with Crippen LogP contribution in [0.5, 0.6) is 0 Å². The van der Waals surface area contributed by atoms with Crippen molar-refractivity contribution in [3.8, 4) is 0 Å². The molecule has 0 radical (unpaired) electrons. The molecule has 188 valence electrons. The summed E-state index contributed by atoms with van der Waals surface area (Å²) in [7, 11) is -2.15. The summed E-state index contributed by atoms with van der Waals surface area (Å²) < 4.78 is 6.39. The van der Waals surface area contributed by atoms with Gasteiger partial charge in [0.25, 0.3) is 0 Å². The van der Waals surface area contributed by atoms with E-state index in [2.05, 4.69) is 55.5 Å². The summed E-state index contributed by atoms with van der Waals surface area (Å²) in [6.07, 6.45) is 13.6. The minimum absolute atomic E-state index is 0.175. The number of hydrogen-bond donors (Lipinski definition) is 0. The molecule has 0 bridgehead atoms. The first kappa shape index (κ1) is 27.1. The average molecular weight is 491 g/mol. The van der Waals surface area contributed by atoms with Crippen molar-refractivity contribution in [2.24, 2.45) is 0 Å². The van der Waals surface area contributed by atoms with Crippen LogP contribution >= 0.6 is 10.3 Å². The second kappa shape index (κ2) is 14.8. The molecule has 0 aliphatic rings. The van der Waals surface area contributed by atoms with E-state index in [0.29, 0.717) is 6.42 Å². The summed E-state index contributed by atoms with van der Waals surface area (Å²) in [6, 6.07) is 29.3. The number of carbonyl (C=O) groups excluding carboxylic acids is 1. The Labute approximate surface area is 214 Å². The van der Waals surface area contributed by atoms with Crippen LogP contribution in [-0.4, -0.2) is 5.97 Å². The fraction of sp³-hybridized carbons (Fsp3) is 0.406. The second-order valence-corrected chi connectivity index (χ2v) is 11.9. The van der Waals surface area contributed by atoms with Crippen LogP contribution in [0.15, 0.2) is 99.6 Å². The van der Waals surface area contributed by atoms with Crippen molar-refractivity contribution in [1.82, 2.24) is 0 Å². The van der Waals surface area contributed by atoms with E-state index < -0.39 is 10.3 Å². The van der Waals surface area contributed by atoms with Crippen LogP contribution in [0.4, 0.5) is 0 Å². The van der Waals surface area contributed by atoms with Crippen molar-refractivity contribution in [1.29, 1.82) is 0 Å². The molecule has 0 heterocycles. The lowest BCUT2D eigenvalue weighted by Crippen LogP contribution is -2.13. The zero-order valence-electron chi connectivity index (χ0n) is 21.6. The molecule has 3 aromatic rings. The normalized spacial score (nSPS) is 11.8. The van der Waals surface area contributed by atoms with Crippen molar-refractivity contribution in [3.63, 3.8) is 0 Å². The molecule has 0 aromatic heterocycles. The van der Waals surface area contributed by atoms with Crippen LogP contribution in [0.2, 0.25) is 0 Å². The Morgan fingerprint density at radius 3 is 1.54 bits per heavy atom. The van der Waals surface area contributed by atoms with Crippen LogP contribution in [0.3, 0.4) is 0 Å².